The van der Waals surface area contributed by atoms with Crippen LogP contribution in [0.4, 0.5) is 19.1 Å². The first-order valence-corrected chi connectivity index (χ1v) is 9.03. The van der Waals surface area contributed by atoms with E-state index in [0.29, 0.717) is 5.69 Å². The minimum atomic E-state index is -4.72. The van der Waals surface area contributed by atoms with Crippen LogP contribution in [0.5, 0.6) is 0 Å². The van der Waals surface area contributed by atoms with E-state index in [9.17, 15) is 18.0 Å². The highest BCUT2D eigenvalue weighted by Gasteiger charge is 2.38. The van der Waals surface area contributed by atoms with Gasteiger partial charge in [-0.3, -0.25) is 10.1 Å². The molecule has 0 fully saturated rings. The molecule has 2 heterocycles. The Bertz CT molecular complexity index is 1220. The molecule has 0 aliphatic heterocycles. The summed E-state index contributed by atoms with van der Waals surface area (Å²) in [5.74, 6) is -2.01. The summed E-state index contributed by atoms with van der Waals surface area (Å²) in [6.45, 7) is 1.87. The highest BCUT2D eigenvalue weighted by molar-refractivity contribution is 6.03. The molecule has 0 radical (unpaired) electrons. The number of carbonyl (C=O) groups is 1. The van der Waals surface area contributed by atoms with E-state index in [1.807, 2.05) is 37.3 Å². The summed E-state index contributed by atoms with van der Waals surface area (Å²) in [6, 6.07) is 15.2. The molecule has 2 aromatic carbocycles. The van der Waals surface area contributed by atoms with Crippen LogP contribution in [0.15, 0.2) is 65.3 Å². The van der Waals surface area contributed by atoms with Gasteiger partial charge in [0.25, 0.3) is 5.91 Å². The van der Waals surface area contributed by atoms with Crippen LogP contribution in [-0.4, -0.2) is 26.0 Å². The van der Waals surface area contributed by atoms with Gasteiger partial charge in [-0.2, -0.15) is 18.2 Å². The molecule has 1 N–H and O–H groups in total. The molecule has 156 valence electrons. The largest absolute Gasteiger partial charge is 0.471 e. The molecule has 0 aliphatic rings. The van der Waals surface area contributed by atoms with Gasteiger partial charge >= 0.3 is 12.1 Å². The first-order valence-electron chi connectivity index (χ1n) is 9.03. The summed E-state index contributed by atoms with van der Waals surface area (Å²) in [4.78, 5) is 24.4. The highest BCUT2D eigenvalue weighted by atomic mass is 19.4. The van der Waals surface area contributed by atoms with Gasteiger partial charge in [0.05, 0.1) is 5.69 Å². The van der Waals surface area contributed by atoms with Gasteiger partial charge in [0.15, 0.2) is 0 Å². The van der Waals surface area contributed by atoms with Crippen molar-refractivity contribution >= 4 is 11.9 Å². The first kappa shape index (κ1) is 20.2. The second kappa shape index (κ2) is 7.98. The Morgan fingerprint density at radius 1 is 0.968 bits per heavy atom. The second-order valence-electron chi connectivity index (χ2n) is 6.54. The summed E-state index contributed by atoms with van der Waals surface area (Å²) in [5, 5.41) is 5.93. The van der Waals surface area contributed by atoms with Crippen molar-refractivity contribution in [1.29, 1.82) is 0 Å². The average molecular weight is 425 g/mol. The number of nitrogens with zero attached hydrogens (tertiary/aromatic N) is 4. The lowest BCUT2D eigenvalue weighted by molar-refractivity contribution is -0.159. The van der Waals surface area contributed by atoms with Gasteiger partial charge in [-0.05, 0) is 24.6 Å². The van der Waals surface area contributed by atoms with Crippen LogP contribution >= 0.6 is 0 Å². The van der Waals surface area contributed by atoms with Crippen molar-refractivity contribution in [2.24, 2.45) is 0 Å². The lowest BCUT2D eigenvalue weighted by Gasteiger charge is -2.08. The molecule has 31 heavy (non-hydrogen) atoms. The maximum absolute atomic E-state index is 12.6. The minimum Gasteiger partial charge on any atom is -0.329 e. The minimum absolute atomic E-state index is 0.131. The van der Waals surface area contributed by atoms with E-state index in [2.05, 4.69) is 29.9 Å². The lowest BCUT2D eigenvalue weighted by Crippen LogP contribution is -2.14. The van der Waals surface area contributed by atoms with Crippen LogP contribution in [0.25, 0.3) is 22.6 Å². The van der Waals surface area contributed by atoms with E-state index in [1.165, 1.54) is 24.3 Å². The van der Waals surface area contributed by atoms with Crippen molar-refractivity contribution in [3.05, 3.63) is 77.8 Å². The number of halogens is 3. The van der Waals surface area contributed by atoms with Gasteiger partial charge in [-0.15, -0.1) is 0 Å². The predicted molar refractivity (Wildman–Crippen MR) is 105 cm³/mol. The number of nitrogens with one attached hydrogen (secondary N) is 1. The molecule has 10 heteroatoms. The lowest BCUT2D eigenvalue weighted by atomic mass is 10.1. The van der Waals surface area contributed by atoms with Crippen molar-refractivity contribution < 1.29 is 22.5 Å². The Morgan fingerprint density at radius 3 is 2.32 bits per heavy atom. The number of rotatable bonds is 4. The zero-order chi connectivity index (χ0) is 22.0. The summed E-state index contributed by atoms with van der Waals surface area (Å²) in [7, 11) is 0. The van der Waals surface area contributed by atoms with Crippen LogP contribution in [0.1, 0.15) is 21.8 Å². The fourth-order valence-corrected chi connectivity index (χ4v) is 2.79. The SMILES string of the molecule is Cc1cnc(NC(=O)c2ccc(-c3noc(C(F)(F)F)n3)cc2)nc1-c1ccccc1. The number of aryl methyl sites for hydroxylation is 1. The third-order valence-corrected chi connectivity index (χ3v) is 4.32. The maximum atomic E-state index is 12.6. The molecule has 7 nitrogen and oxygen atoms in total. The van der Waals surface area contributed by atoms with Crippen molar-refractivity contribution in [3.8, 4) is 22.6 Å². The molecule has 0 spiro atoms. The molecular weight excluding hydrogens is 411 g/mol. The maximum Gasteiger partial charge on any atom is 0.471 e. The van der Waals surface area contributed by atoms with Crippen molar-refractivity contribution in [1.82, 2.24) is 20.1 Å². The van der Waals surface area contributed by atoms with E-state index in [-0.39, 0.29) is 22.9 Å². The monoisotopic (exact) mass is 425 g/mol. The molecule has 2 aromatic heterocycles. The van der Waals surface area contributed by atoms with Crippen LogP contribution in [0.3, 0.4) is 0 Å². The summed E-state index contributed by atoms with van der Waals surface area (Å²) in [6.07, 6.45) is -3.11. The van der Waals surface area contributed by atoms with Crippen LogP contribution in [0, 0.1) is 6.92 Å². The molecule has 0 saturated heterocycles. The van der Waals surface area contributed by atoms with Gasteiger partial charge in [-0.1, -0.05) is 47.6 Å². The molecule has 0 saturated carbocycles. The number of carbonyl (C=O) groups excluding carboxylic acids is 1. The number of hydrogen-bond acceptors (Lipinski definition) is 6. The Labute approximate surface area is 174 Å². The normalized spacial score (nSPS) is 11.4. The Kier molecular flexibility index (Phi) is 5.20. The molecular formula is C21H14F3N5O2. The first-order chi connectivity index (χ1) is 14.8. The van der Waals surface area contributed by atoms with Gasteiger partial charge in [0.2, 0.25) is 11.8 Å². The predicted octanol–water partition coefficient (Wildman–Crippen LogP) is 4.77. The quantitative estimate of drug-likeness (QED) is 0.506. The Morgan fingerprint density at radius 2 is 1.68 bits per heavy atom. The van der Waals surface area contributed by atoms with Crippen LogP contribution in [0.2, 0.25) is 0 Å². The van der Waals surface area contributed by atoms with Gasteiger partial charge in [0.1, 0.15) is 0 Å². The van der Waals surface area contributed by atoms with Gasteiger partial charge in [0, 0.05) is 22.9 Å². The van der Waals surface area contributed by atoms with E-state index in [4.69, 9.17) is 0 Å². The fraction of sp³-hybridized carbons (Fsp3) is 0.0952. The summed E-state index contributed by atoms with van der Waals surface area (Å²) >= 11 is 0. The third-order valence-electron chi connectivity index (χ3n) is 4.32. The Hall–Kier alpha value is -4.08. The topological polar surface area (TPSA) is 93.8 Å². The van der Waals surface area contributed by atoms with Crippen molar-refractivity contribution in [2.75, 3.05) is 5.32 Å². The molecule has 0 unspecified atom stereocenters. The Balaban J connectivity index is 1.51. The standard InChI is InChI=1S/C21H14F3N5O2/c1-12-11-25-20(26-16(12)13-5-3-2-4-6-13)28-18(30)15-9-7-14(8-10-15)17-27-19(31-29-17)21(22,23)24/h2-11H,1H3,(H,25,26,28,30). The van der Waals surface area contributed by atoms with Gasteiger partial charge in [-0.25, -0.2) is 9.97 Å². The highest BCUT2D eigenvalue weighted by Crippen LogP contribution is 2.29. The number of alkyl halides is 3. The second-order valence-corrected chi connectivity index (χ2v) is 6.54. The number of anilines is 1. The smallest absolute Gasteiger partial charge is 0.329 e. The van der Waals surface area contributed by atoms with Gasteiger partial charge < -0.3 is 4.52 Å². The zero-order valence-corrected chi connectivity index (χ0v) is 16.0. The number of hydrogen-bond donors (Lipinski definition) is 1. The number of amides is 1. The fourth-order valence-electron chi connectivity index (χ4n) is 2.79. The number of aromatic nitrogens is 4. The van der Waals surface area contributed by atoms with E-state index in [1.54, 1.807) is 6.20 Å². The van der Waals surface area contributed by atoms with E-state index < -0.39 is 18.0 Å². The molecule has 4 rings (SSSR count). The van der Waals surface area contributed by atoms with E-state index >= 15 is 0 Å². The van der Waals surface area contributed by atoms with Crippen molar-refractivity contribution in [3.63, 3.8) is 0 Å². The van der Waals surface area contributed by atoms with Crippen molar-refractivity contribution in [2.45, 2.75) is 13.1 Å². The summed E-state index contributed by atoms with van der Waals surface area (Å²) in [5.41, 5.74) is 2.97. The molecule has 1 amide bonds. The summed E-state index contributed by atoms with van der Waals surface area (Å²) < 4.78 is 42.0. The molecule has 0 aliphatic carbocycles. The van der Waals surface area contributed by atoms with E-state index in [0.717, 1.165) is 11.1 Å². The molecule has 0 atom stereocenters. The molecule has 0 bridgehead atoms. The van der Waals surface area contributed by atoms with Crippen LogP contribution < -0.4 is 5.32 Å². The molecule has 4 aromatic rings. The zero-order valence-electron chi connectivity index (χ0n) is 16.0. The average Bonchev–Trinajstić information content (AvgIpc) is 3.27. The number of benzene rings is 2. The van der Waals surface area contributed by atoms with Crippen LogP contribution in [-0.2, 0) is 6.18 Å². The third kappa shape index (κ3) is 4.42.